The molecule has 0 atom stereocenters. The van der Waals surface area contributed by atoms with Gasteiger partial charge in [-0.3, -0.25) is 9.05 Å². The van der Waals surface area contributed by atoms with Gasteiger partial charge in [0, 0.05) is 5.69 Å². The molecule has 0 amide bonds. The van der Waals surface area contributed by atoms with Crippen molar-refractivity contribution >= 4 is 14.3 Å². The SMILES string of the molecule is Nc1ccc(OP(OCC(F)(F)F)OCC(F)(F)F)cc1. The molecule has 0 aliphatic heterocycles. The zero-order valence-corrected chi connectivity index (χ0v) is 11.1. The molecule has 0 radical (unpaired) electrons. The van der Waals surface area contributed by atoms with E-state index in [-0.39, 0.29) is 5.75 Å². The van der Waals surface area contributed by atoms with Crippen LogP contribution in [0.15, 0.2) is 24.3 Å². The van der Waals surface area contributed by atoms with E-state index in [4.69, 9.17) is 10.3 Å². The van der Waals surface area contributed by atoms with E-state index >= 15 is 0 Å². The Kier molecular flexibility index (Phi) is 6.06. The van der Waals surface area contributed by atoms with Crippen LogP contribution in [0.1, 0.15) is 0 Å². The number of anilines is 1. The first kappa shape index (κ1) is 17.8. The molecular formula is C10H10F6NO3P. The van der Waals surface area contributed by atoms with Gasteiger partial charge in [-0.05, 0) is 24.3 Å². The highest BCUT2D eigenvalue weighted by molar-refractivity contribution is 7.42. The molecule has 0 aliphatic carbocycles. The van der Waals surface area contributed by atoms with Gasteiger partial charge in [0.1, 0.15) is 5.75 Å². The van der Waals surface area contributed by atoms with E-state index in [1.165, 1.54) is 24.3 Å². The van der Waals surface area contributed by atoms with Crippen LogP contribution in [0.5, 0.6) is 5.75 Å². The van der Waals surface area contributed by atoms with Crippen molar-refractivity contribution in [3.05, 3.63) is 24.3 Å². The molecule has 120 valence electrons. The van der Waals surface area contributed by atoms with Gasteiger partial charge in [-0.25, -0.2) is 0 Å². The molecule has 0 fully saturated rings. The van der Waals surface area contributed by atoms with Crippen LogP contribution in [0, 0.1) is 0 Å². The minimum absolute atomic E-state index is 0.0281. The van der Waals surface area contributed by atoms with Crippen molar-refractivity contribution in [3.63, 3.8) is 0 Å². The lowest BCUT2D eigenvalue weighted by Crippen LogP contribution is -2.19. The maximum Gasteiger partial charge on any atom is 0.412 e. The van der Waals surface area contributed by atoms with Crippen LogP contribution >= 0.6 is 8.60 Å². The fourth-order valence-corrected chi connectivity index (χ4v) is 1.93. The number of hydrogen-bond acceptors (Lipinski definition) is 4. The zero-order chi connectivity index (χ0) is 16.1. The Morgan fingerprint density at radius 1 is 0.857 bits per heavy atom. The van der Waals surface area contributed by atoms with Crippen LogP contribution in [-0.2, 0) is 9.05 Å². The lowest BCUT2D eigenvalue weighted by atomic mass is 10.3. The number of hydrogen-bond donors (Lipinski definition) is 1. The molecule has 0 spiro atoms. The number of halogens is 6. The highest BCUT2D eigenvalue weighted by Crippen LogP contribution is 2.43. The minimum atomic E-state index is -4.72. The molecule has 1 aromatic rings. The molecule has 0 saturated heterocycles. The van der Waals surface area contributed by atoms with Crippen molar-refractivity contribution < 1.29 is 39.9 Å². The third-order valence-corrected chi connectivity index (χ3v) is 2.77. The molecule has 11 heteroatoms. The van der Waals surface area contributed by atoms with Crippen LogP contribution < -0.4 is 10.3 Å². The second-order valence-electron chi connectivity index (χ2n) is 3.66. The smallest absolute Gasteiger partial charge is 0.412 e. The Labute approximate surface area is 116 Å². The van der Waals surface area contributed by atoms with E-state index in [1.807, 2.05) is 0 Å². The fourth-order valence-electron chi connectivity index (χ4n) is 0.957. The van der Waals surface area contributed by atoms with Gasteiger partial charge in [-0.2, -0.15) is 26.3 Å². The zero-order valence-electron chi connectivity index (χ0n) is 10.2. The van der Waals surface area contributed by atoms with Crippen molar-refractivity contribution in [1.82, 2.24) is 0 Å². The van der Waals surface area contributed by atoms with E-state index in [1.54, 1.807) is 0 Å². The first-order valence-electron chi connectivity index (χ1n) is 5.28. The Bertz CT molecular complexity index is 418. The molecule has 0 unspecified atom stereocenters. The third-order valence-electron chi connectivity index (χ3n) is 1.73. The molecule has 0 aliphatic rings. The molecule has 1 aromatic carbocycles. The van der Waals surface area contributed by atoms with Gasteiger partial charge < -0.3 is 10.3 Å². The summed E-state index contributed by atoms with van der Waals surface area (Å²) in [4.78, 5) is 0. The van der Waals surface area contributed by atoms with Crippen molar-refractivity contribution in [1.29, 1.82) is 0 Å². The fraction of sp³-hybridized carbons (Fsp3) is 0.400. The Balaban J connectivity index is 2.64. The summed E-state index contributed by atoms with van der Waals surface area (Å²) < 4.78 is 85.3. The van der Waals surface area contributed by atoms with Crippen LogP contribution in [0.2, 0.25) is 0 Å². The normalized spacial score (nSPS) is 12.7. The highest BCUT2D eigenvalue weighted by atomic mass is 31.2. The van der Waals surface area contributed by atoms with E-state index in [9.17, 15) is 26.3 Å². The average Bonchev–Trinajstić information content (AvgIpc) is 2.33. The number of alkyl halides is 6. The minimum Gasteiger partial charge on any atom is -0.427 e. The van der Waals surface area contributed by atoms with Gasteiger partial charge >= 0.3 is 21.0 Å². The number of nitrogens with two attached hydrogens (primary N) is 1. The van der Waals surface area contributed by atoms with Gasteiger partial charge in [0.2, 0.25) is 0 Å². The molecule has 0 saturated carbocycles. The number of rotatable bonds is 6. The van der Waals surface area contributed by atoms with Gasteiger partial charge in [0.15, 0.2) is 13.2 Å². The van der Waals surface area contributed by atoms with Crippen LogP contribution in [-0.4, -0.2) is 25.6 Å². The predicted molar refractivity (Wildman–Crippen MR) is 62.4 cm³/mol. The van der Waals surface area contributed by atoms with Crippen molar-refractivity contribution in [2.75, 3.05) is 18.9 Å². The van der Waals surface area contributed by atoms with Crippen LogP contribution in [0.3, 0.4) is 0 Å². The third kappa shape index (κ3) is 8.59. The van der Waals surface area contributed by atoms with Crippen LogP contribution in [0.4, 0.5) is 32.0 Å². The quantitative estimate of drug-likeness (QED) is 0.484. The summed E-state index contributed by atoms with van der Waals surface area (Å²) in [5, 5.41) is 0. The summed E-state index contributed by atoms with van der Waals surface area (Å²) in [6.07, 6.45) is -9.43. The van der Waals surface area contributed by atoms with Gasteiger partial charge in [-0.15, -0.1) is 0 Å². The average molecular weight is 337 g/mol. The van der Waals surface area contributed by atoms with Gasteiger partial charge in [-0.1, -0.05) is 0 Å². The van der Waals surface area contributed by atoms with Gasteiger partial charge in [0.25, 0.3) is 0 Å². The molecule has 1 rings (SSSR count). The Morgan fingerprint density at radius 3 is 1.67 bits per heavy atom. The lowest BCUT2D eigenvalue weighted by molar-refractivity contribution is -0.165. The molecular weight excluding hydrogens is 327 g/mol. The molecule has 0 bridgehead atoms. The predicted octanol–water partition coefficient (Wildman–Crippen LogP) is 4.03. The summed E-state index contributed by atoms with van der Waals surface area (Å²) in [6, 6.07) is 5.24. The van der Waals surface area contributed by atoms with Crippen LogP contribution in [0.25, 0.3) is 0 Å². The molecule has 21 heavy (non-hydrogen) atoms. The Morgan fingerprint density at radius 2 is 1.29 bits per heavy atom. The molecule has 0 heterocycles. The molecule has 4 nitrogen and oxygen atoms in total. The van der Waals surface area contributed by atoms with E-state index < -0.39 is 34.2 Å². The van der Waals surface area contributed by atoms with E-state index in [0.29, 0.717) is 5.69 Å². The van der Waals surface area contributed by atoms with E-state index in [2.05, 4.69) is 9.05 Å². The maximum absolute atomic E-state index is 12.0. The summed E-state index contributed by atoms with van der Waals surface area (Å²) >= 11 is 0. The number of nitrogen functional groups attached to an aromatic ring is 1. The Hall–Kier alpha value is -1.25. The summed E-state index contributed by atoms with van der Waals surface area (Å²) in [7, 11) is -2.86. The molecule has 0 aromatic heterocycles. The monoisotopic (exact) mass is 337 g/mol. The standard InChI is InChI=1S/C10H10F6NO3P/c11-9(12,13)5-18-21(19-6-10(14,15)16)20-8-3-1-7(17)2-4-8/h1-4H,5-6,17H2. The first-order chi connectivity index (χ1) is 9.55. The first-order valence-corrected chi connectivity index (χ1v) is 6.38. The highest BCUT2D eigenvalue weighted by Gasteiger charge is 2.34. The summed E-state index contributed by atoms with van der Waals surface area (Å²) in [6.45, 7) is -3.57. The van der Waals surface area contributed by atoms with Crippen molar-refractivity contribution in [2.45, 2.75) is 12.4 Å². The second kappa shape index (κ2) is 7.15. The van der Waals surface area contributed by atoms with Gasteiger partial charge in [0.05, 0.1) is 0 Å². The molecule has 2 N–H and O–H groups in total. The summed E-state index contributed by atoms with van der Waals surface area (Å²) in [5.41, 5.74) is 5.73. The van der Waals surface area contributed by atoms with E-state index in [0.717, 1.165) is 0 Å². The van der Waals surface area contributed by atoms with Crippen molar-refractivity contribution in [3.8, 4) is 5.75 Å². The van der Waals surface area contributed by atoms with Crippen molar-refractivity contribution in [2.24, 2.45) is 0 Å². The maximum atomic E-state index is 12.0. The lowest BCUT2D eigenvalue weighted by Gasteiger charge is -2.18. The largest absolute Gasteiger partial charge is 0.427 e. The topological polar surface area (TPSA) is 53.7 Å². The summed E-state index contributed by atoms with van der Waals surface area (Å²) in [5.74, 6) is -0.0281. The second-order valence-corrected chi connectivity index (χ2v) is 4.81. The number of benzene rings is 1.